The van der Waals surface area contributed by atoms with Crippen LogP contribution in [-0.2, 0) is 0 Å². The first kappa shape index (κ1) is 17.8. The largest absolute Gasteiger partial charge is 0.382 e. The lowest BCUT2D eigenvalue weighted by molar-refractivity contribution is 0.0741. The maximum atomic E-state index is 12.9. The second-order valence-corrected chi connectivity index (χ2v) is 7.52. The molecule has 1 amide bonds. The summed E-state index contributed by atoms with van der Waals surface area (Å²) < 4.78 is 0. The van der Waals surface area contributed by atoms with Gasteiger partial charge in [0.1, 0.15) is 5.69 Å². The summed E-state index contributed by atoms with van der Waals surface area (Å²) in [6, 6.07) is 14.8. The number of carbonyl (C=O) groups is 1. The number of pyridine rings is 1. The van der Waals surface area contributed by atoms with Gasteiger partial charge in [0.25, 0.3) is 5.91 Å². The van der Waals surface area contributed by atoms with Gasteiger partial charge in [0.15, 0.2) is 0 Å². The molecule has 1 aromatic heterocycles. The summed E-state index contributed by atoms with van der Waals surface area (Å²) in [6.45, 7) is 3.18. The van der Waals surface area contributed by atoms with Gasteiger partial charge in [-0.3, -0.25) is 9.78 Å². The Morgan fingerprint density at radius 1 is 0.963 bits per heavy atom. The molecule has 2 aromatic rings. The van der Waals surface area contributed by atoms with Crippen LogP contribution in [0.5, 0.6) is 0 Å². The van der Waals surface area contributed by atoms with Gasteiger partial charge in [0.2, 0.25) is 0 Å². The first-order chi connectivity index (χ1) is 13.3. The van der Waals surface area contributed by atoms with Crippen molar-refractivity contribution >= 4 is 17.3 Å². The normalized spacial score (nSPS) is 18.4. The number of benzene rings is 1. The van der Waals surface area contributed by atoms with Crippen molar-refractivity contribution in [2.45, 2.75) is 38.1 Å². The fraction of sp³-hybridized carbons (Fsp3) is 0.455. The molecular weight excluding hydrogens is 336 g/mol. The number of nitrogens with one attached hydrogen (secondary N) is 1. The predicted octanol–water partition coefficient (Wildman–Crippen LogP) is 3.79. The molecule has 27 heavy (non-hydrogen) atoms. The highest BCUT2D eigenvalue weighted by Crippen LogP contribution is 2.22. The minimum Gasteiger partial charge on any atom is -0.382 e. The summed E-state index contributed by atoms with van der Waals surface area (Å²) in [4.78, 5) is 21.5. The van der Waals surface area contributed by atoms with Gasteiger partial charge in [0.05, 0.1) is 0 Å². The molecular formula is C22H28N4O. The van der Waals surface area contributed by atoms with Crippen LogP contribution in [0, 0.1) is 0 Å². The number of rotatable bonds is 4. The van der Waals surface area contributed by atoms with Gasteiger partial charge in [0, 0.05) is 49.8 Å². The van der Waals surface area contributed by atoms with E-state index in [2.05, 4.69) is 39.5 Å². The molecule has 5 heteroatoms. The Morgan fingerprint density at radius 3 is 2.44 bits per heavy atom. The Labute approximate surface area is 161 Å². The lowest BCUT2D eigenvalue weighted by Crippen LogP contribution is -2.49. The first-order valence-corrected chi connectivity index (χ1v) is 10.1. The molecule has 5 nitrogen and oxygen atoms in total. The lowest BCUT2D eigenvalue weighted by Gasteiger charge is -2.36. The van der Waals surface area contributed by atoms with Crippen LogP contribution in [-0.4, -0.2) is 48.0 Å². The van der Waals surface area contributed by atoms with E-state index in [9.17, 15) is 4.79 Å². The first-order valence-electron chi connectivity index (χ1n) is 10.1. The van der Waals surface area contributed by atoms with Crippen molar-refractivity contribution in [2.75, 3.05) is 36.4 Å². The molecule has 1 saturated heterocycles. The highest BCUT2D eigenvalue weighted by atomic mass is 16.2. The zero-order chi connectivity index (χ0) is 18.5. The minimum atomic E-state index is 0.0370. The highest BCUT2D eigenvalue weighted by molar-refractivity contribution is 5.93. The molecule has 1 saturated carbocycles. The van der Waals surface area contributed by atoms with Gasteiger partial charge in [-0.05, 0) is 37.1 Å². The second-order valence-electron chi connectivity index (χ2n) is 7.52. The number of anilines is 2. The average molecular weight is 364 g/mol. The summed E-state index contributed by atoms with van der Waals surface area (Å²) in [5, 5.41) is 3.59. The summed E-state index contributed by atoms with van der Waals surface area (Å²) in [7, 11) is 0. The summed E-state index contributed by atoms with van der Waals surface area (Å²) in [6.07, 6.45) is 8.10. The van der Waals surface area contributed by atoms with E-state index in [1.807, 2.05) is 23.1 Å². The van der Waals surface area contributed by atoms with E-state index in [-0.39, 0.29) is 5.91 Å². The SMILES string of the molecule is O=C(c1cc(NC2CCCCC2)ccn1)N1CCN(c2ccccc2)CC1. The summed E-state index contributed by atoms with van der Waals surface area (Å²) in [5.74, 6) is 0.0370. The molecule has 2 aliphatic rings. The van der Waals surface area contributed by atoms with E-state index in [1.54, 1.807) is 6.20 Å². The second kappa shape index (κ2) is 8.42. The molecule has 4 rings (SSSR count). The molecule has 1 aromatic carbocycles. The Hall–Kier alpha value is -2.56. The van der Waals surface area contributed by atoms with Crippen LogP contribution in [0.4, 0.5) is 11.4 Å². The number of hydrogen-bond acceptors (Lipinski definition) is 4. The van der Waals surface area contributed by atoms with Crippen molar-refractivity contribution in [2.24, 2.45) is 0 Å². The zero-order valence-electron chi connectivity index (χ0n) is 15.8. The fourth-order valence-corrected chi connectivity index (χ4v) is 4.09. The van der Waals surface area contributed by atoms with Crippen molar-refractivity contribution in [1.82, 2.24) is 9.88 Å². The van der Waals surface area contributed by atoms with Crippen LogP contribution in [0.15, 0.2) is 48.7 Å². The number of nitrogens with zero attached hydrogens (tertiary/aromatic N) is 3. The number of amides is 1. The molecule has 0 unspecified atom stereocenters. The minimum absolute atomic E-state index is 0.0370. The topological polar surface area (TPSA) is 48.5 Å². The van der Waals surface area contributed by atoms with Crippen molar-refractivity contribution in [3.05, 3.63) is 54.4 Å². The van der Waals surface area contributed by atoms with E-state index >= 15 is 0 Å². The molecule has 1 N–H and O–H groups in total. The van der Waals surface area contributed by atoms with E-state index in [4.69, 9.17) is 0 Å². The average Bonchev–Trinajstić information content (AvgIpc) is 2.75. The third kappa shape index (κ3) is 4.41. The predicted molar refractivity (Wildman–Crippen MR) is 109 cm³/mol. The number of piperazine rings is 1. The summed E-state index contributed by atoms with van der Waals surface area (Å²) in [5.41, 5.74) is 2.79. The smallest absolute Gasteiger partial charge is 0.272 e. The van der Waals surface area contributed by atoms with Gasteiger partial charge in [-0.2, -0.15) is 0 Å². The van der Waals surface area contributed by atoms with E-state index in [0.29, 0.717) is 11.7 Å². The van der Waals surface area contributed by atoms with Crippen LogP contribution in [0.2, 0.25) is 0 Å². The van der Waals surface area contributed by atoms with Crippen LogP contribution in [0.25, 0.3) is 0 Å². The third-order valence-electron chi connectivity index (χ3n) is 5.64. The van der Waals surface area contributed by atoms with Gasteiger partial charge in [-0.15, -0.1) is 0 Å². The van der Waals surface area contributed by atoms with Gasteiger partial charge in [-0.1, -0.05) is 37.5 Å². The molecule has 142 valence electrons. The molecule has 1 aliphatic carbocycles. The molecule has 2 heterocycles. The van der Waals surface area contributed by atoms with Crippen LogP contribution < -0.4 is 10.2 Å². The monoisotopic (exact) mass is 364 g/mol. The fourth-order valence-electron chi connectivity index (χ4n) is 4.09. The van der Waals surface area contributed by atoms with E-state index in [1.165, 1.54) is 37.8 Å². The van der Waals surface area contributed by atoms with Crippen LogP contribution in [0.3, 0.4) is 0 Å². The molecule has 2 fully saturated rings. The maximum Gasteiger partial charge on any atom is 0.272 e. The zero-order valence-corrected chi connectivity index (χ0v) is 15.8. The van der Waals surface area contributed by atoms with Crippen molar-refractivity contribution in [3.8, 4) is 0 Å². The van der Waals surface area contributed by atoms with E-state index < -0.39 is 0 Å². The van der Waals surface area contributed by atoms with Crippen LogP contribution >= 0.6 is 0 Å². The number of hydrogen-bond donors (Lipinski definition) is 1. The molecule has 0 bridgehead atoms. The Balaban J connectivity index is 1.36. The van der Waals surface area contributed by atoms with Crippen molar-refractivity contribution in [3.63, 3.8) is 0 Å². The van der Waals surface area contributed by atoms with Gasteiger partial charge in [-0.25, -0.2) is 0 Å². The number of aromatic nitrogens is 1. The number of carbonyl (C=O) groups excluding carboxylic acids is 1. The molecule has 1 aliphatic heterocycles. The quantitative estimate of drug-likeness (QED) is 0.897. The Bertz CT molecular complexity index is 750. The highest BCUT2D eigenvalue weighted by Gasteiger charge is 2.23. The molecule has 0 radical (unpaired) electrons. The maximum absolute atomic E-state index is 12.9. The van der Waals surface area contributed by atoms with Gasteiger partial charge >= 0.3 is 0 Å². The van der Waals surface area contributed by atoms with Crippen LogP contribution in [0.1, 0.15) is 42.6 Å². The Morgan fingerprint density at radius 2 is 1.70 bits per heavy atom. The van der Waals surface area contributed by atoms with Crippen molar-refractivity contribution < 1.29 is 4.79 Å². The third-order valence-corrected chi connectivity index (χ3v) is 5.64. The summed E-state index contributed by atoms with van der Waals surface area (Å²) >= 11 is 0. The Kier molecular flexibility index (Phi) is 5.56. The standard InChI is InChI=1S/C22H28N4O/c27-22(26-15-13-25(14-16-26)20-9-5-2-6-10-20)21-17-19(11-12-23-21)24-18-7-3-1-4-8-18/h2,5-6,9-12,17-18H,1,3-4,7-8,13-16H2,(H,23,24). The van der Waals surface area contributed by atoms with Gasteiger partial charge < -0.3 is 15.1 Å². The van der Waals surface area contributed by atoms with E-state index in [0.717, 1.165) is 31.9 Å². The molecule has 0 spiro atoms. The molecule has 0 atom stereocenters. The number of para-hydroxylation sites is 1. The van der Waals surface area contributed by atoms with Crippen molar-refractivity contribution in [1.29, 1.82) is 0 Å². The lowest BCUT2D eigenvalue weighted by atomic mass is 9.95.